The van der Waals surface area contributed by atoms with Gasteiger partial charge in [0.05, 0.1) is 11.4 Å². The largest absolute Gasteiger partial charge is 0.367 e. The van der Waals surface area contributed by atoms with Crippen LogP contribution in [0, 0.1) is 13.8 Å². The Morgan fingerprint density at radius 1 is 1.05 bits per heavy atom. The van der Waals surface area contributed by atoms with Crippen LogP contribution in [-0.4, -0.2) is 36.1 Å². The number of anilines is 3. The van der Waals surface area contributed by atoms with Gasteiger partial charge in [-0.1, -0.05) is 12.1 Å². The Morgan fingerprint density at radius 2 is 1.71 bits per heavy atom. The number of hydrogen-bond donors (Lipinski definition) is 2. The van der Waals surface area contributed by atoms with Crippen molar-refractivity contribution in [1.82, 2.24) is 15.3 Å². The fourth-order valence-corrected chi connectivity index (χ4v) is 2.66. The molecule has 2 aromatic rings. The number of hydrogen-bond acceptors (Lipinski definition) is 5. The predicted molar refractivity (Wildman–Crippen MR) is 86.3 cm³/mol. The lowest BCUT2D eigenvalue weighted by atomic mass is 10.2. The van der Waals surface area contributed by atoms with E-state index in [1.165, 1.54) is 5.69 Å². The summed E-state index contributed by atoms with van der Waals surface area (Å²) in [5, 5.41) is 6.75. The van der Waals surface area contributed by atoms with Crippen molar-refractivity contribution >= 4 is 17.3 Å². The first-order valence-corrected chi connectivity index (χ1v) is 7.36. The lowest BCUT2D eigenvalue weighted by molar-refractivity contribution is 0.589. The van der Waals surface area contributed by atoms with Gasteiger partial charge in [0.15, 0.2) is 0 Å². The van der Waals surface area contributed by atoms with Gasteiger partial charge in [-0.25, -0.2) is 9.97 Å². The molecule has 1 aromatic heterocycles. The van der Waals surface area contributed by atoms with Crippen LogP contribution < -0.4 is 15.5 Å². The van der Waals surface area contributed by atoms with E-state index in [4.69, 9.17) is 0 Å². The first-order chi connectivity index (χ1) is 10.2. The maximum Gasteiger partial charge on any atom is 0.227 e. The molecule has 1 aromatic carbocycles. The van der Waals surface area contributed by atoms with Crippen molar-refractivity contribution < 1.29 is 0 Å². The number of para-hydroxylation sites is 2. The highest BCUT2D eigenvalue weighted by molar-refractivity contribution is 5.73. The van der Waals surface area contributed by atoms with Gasteiger partial charge in [-0.15, -0.1) is 0 Å². The Morgan fingerprint density at radius 3 is 2.43 bits per heavy atom. The van der Waals surface area contributed by atoms with Crippen LogP contribution in [-0.2, 0) is 0 Å². The average Bonchev–Trinajstić information content (AvgIpc) is 2.48. The molecule has 1 saturated heterocycles. The van der Waals surface area contributed by atoms with E-state index in [-0.39, 0.29) is 0 Å². The van der Waals surface area contributed by atoms with Gasteiger partial charge >= 0.3 is 0 Å². The number of rotatable bonds is 3. The molecule has 0 amide bonds. The topological polar surface area (TPSA) is 53.1 Å². The van der Waals surface area contributed by atoms with E-state index in [0.717, 1.165) is 43.3 Å². The van der Waals surface area contributed by atoms with E-state index < -0.39 is 0 Å². The number of aromatic nitrogens is 2. The molecule has 0 radical (unpaired) electrons. The summed E-state index contributed by atoms with van der Waals surface area (Å²) in [7, 11) is 0. The van der Waals surface area contributed by atoms with Crippen LogP contribution >= 0.6 is 0 Å². The molecule has 110 valence electrons. The van der Waals surface area contributed by atoms with Gasteiger partial charge in [-0.2, -0.15) is 0 Å². The standard InChI is InChI=1S/C16H21N5/c1-12-11-13(2)19-16(18-12)20-14-5-3-4-6-15(14)21-9-7-17-8-10-21/h3-6,11,17H,7-10H2,1-2H3,(H,18,19,20). The summed E-state index contributed by atoms with van der Waals surface area (Å²) in [5.74, 6) is 0.662. The average molecular weight is 283 g/mol. The summed E-state index contributed by atoms with van der Waals surface area (Å²) in [5.41, 5.74) is 4.22. The number of aryl methyl sites for hydroxylation is 2. The number of piperazine rings is 1. The molecule has 0 saturated carbocycles. The summed E-state index contributed by atoms with van der Waals surface area (Å²) in [4.78, 5) is 11.3. The van der Waals surface area contributed by atoms with Crippen LogP contribution in [0.3, 0.4) is 0 Å². The van der Waals surface area contributed by atoms with Crippen LogP contribution in [0.25, 0.3) is 0 Å². The van der Waals surface area contributed by atoms with Gasteiger partial charge in [-0.05, 0) is 32.0 Å². The van der Waals surface area contributed by atoms with Crippen LogP contribution in [0.1, 0.15) is 11.4 Å². The summed E-state index contributed by atoms with van der Waals surface area (Å²) >= 11 is 0. The first-order valence-electron chi connectivity index (χ1n) is 7.36. The van der Waals surface area contributed by atoms with Gasteiger partial charge in [0.25, 0.3) is 0 Å². The third kappa shape index (κ3) is 3.31. The molecule has 0 spiro atoms. The van der Waals surface area contributed by atoms with Crippen molar-refractivity contribution in [3.63, 3.8) is 0 Å². The number of benzene rings is 1. The van der Waals surface area contributed by atoms with Gasteiger partial charge in [0.2, 0.25) is 5.95 Å². The van der Waals surface area contributed by atoms with E-state index in [9.17, 15) is 0 Å². The smallest absolute Gasteiger partial charge is 0.227 e. The van der Waals surface area contributed by atoms with Crippen molar-refractivity contribution in [3.8, 4) is 0 Å². The molecular weight excluding hydrogens is 262 g/mol. The fourth-order valence-electron chi connectivity index (χ4n) is 2.66. The zero-order chi connectivity index (χ0) is 14.7. The highest BCUT2D eigenvalue weighted by Gasteiger charge is 2.14. The lowest BCUT2D eigenvalue weighted by Crippen LogP contribution is -2.43. The highest BCUT2D eigenvalue weighted by Crippen LogP contribution is 2.27. The van der Waals surface area contributed by atoms with Gasteiger partial charge in [0.1, 0.15) is 0 Å². The molecule has 5 nitrogen and oxygen atoms in total. The minimum absolute atomic E-state index is 0.662. The molecule has 1 aliphatic heterocycles. The summed E-state index contributed by atoms with van der Waals surface area (Å²) in [6.07, 6.45) is 0. The normalized spacial score (nSPS) is 15.0. The van der Waals surface area contributed by atoms with Crippen LogP contribution in [0.15, 0.2) is 30.3 Å². The molecule has 0 bridgehead atoms. The maximum absolute atomic E-state index is 4.46. The monoisotopic (exact) mass is 283 g/mol. The van der Waals surface area contributed by atoms with Crippen molar-refractivity contribution in [2.24, 2.45) is 0 Å². The van der Waals surface area contributed by atoms with E-state index in [1.807, 2.05) is 26.0 Å². The molecule has 3 rings (SSSR count). The minimum Gasteiger partial charge on any atom is -0.367 e. The highest BCUT2D eigenvalue weighted by atomic mass is 15.2. The fraction of sp³-hybridized carbons (Fsp3) is 0.375. The molecule has 0 aliphatic carbocycles. The molecule has 1 fully saturated rings. The maximum atomic E-state index is 4.46. The third-order valence-corrected chi connectivity index (χ3v) is 3.59. The Bertz CT molecular complexity index is 600. The van der Waals surface area contributed by atoms with Gasteiger partial charge in [-0.3, -0.25) is 0 Å². The van der Waals surface area contributed by atoms with Crippen molar-refractivity contribution in [2.75, 3.05) is 36.4 Å². The molecule has 1 aliphatic rings. The molecule has 5 heteroatoms. The second-order valence-corrected chi connectivity index (χ2v) is 5.35. The van der Waals surface area contributed by atoms with E-state index in [0.29, 0.717) is 5.95 Å². The minimum atomic E-state index is 0.662. The molecule has 2 heterocycles. The lowest BCUT2D eigenvalue weighted by Gasteiger charge is -2.31. The second-order valence-electron chi connectivity index (χ2n) is 5.35. The van der Waals surface area contributed by atoms with E-state index >= 15 is 0 Å². The van der Waals surface area contributed by atoms with Crippen molar-refractivity contribution in [2.45, 2.75) is 13.8 Å². The molecule has 21 heavy (non-hydrogen) atoms. The zero-order valence-electron chi connectivity index (χ0n) is 12.6. The van der Waals surface area contributed by atoms with Crippen LogP contribution in [0.5, 0.6) is 0 Å². The van der Waals surface area contributed by atoms with Gasteiger partial charge < -0.3 is 15.5 Å². The Hall–Kier alpha value is -2.14. The summed E-state index contributed by atoms with van der Waals surface area (Å²) < 4.78 is 0. The van der Waals surface area contributed by atoms with Crippen molar-refractivity contribution in [1.29, 1.82) is 0 Å². The molecule has 2 N–H and O–H groups in total. The quantitative estimate of drug-likeness (QED) is 0.905. The van der Waals surface area contributed by atoms with Crippen LogP contribution in [0.4, 0.5) is 17.3 Å². The molecular formula is C16H21N5. The summed E-state index contributed by atoms with van der Waals surface area (Å²) in [6.45, 7) is 8.06. The van der Waals surface area contributed by atoms with E-state index in [1.54, 1.807) is 0 Å². The number of nitrogens with one attached hydrogen (secondary N) is 2. The summed E-state index contributed by atoms with van der Waals surface area (Å²) in [6, 6.07) is 10.3. The van der Waals surface area contributed by atoms with Gasteiger partial charge in [0, 0.05) is 37.6 Å². The Labute approximate surface area is 125 Å². The zero-order valence-corrected chi connectivity index (χ0v) is 12.6. The van der Waals surface area contributed by atoms with Crippen LogP contribution in [0.2, 0.25) is 0 Å². The van der Waals surface area contributed by atoms with Crippen molar-refractivity contribution in [3.05, 3.63) is 41.7 Å². The molecule has 0 atom stereocenters. The third-order valence-electron chi connectivity index (χ3n) is 3.59. The predicted octanol–water partition coefficient (Wildman–Crippen LogP) is 2.25. The molecule has 0 unspecified atom stereocenters. The van der Waals surface area contributed by atoms with E-state index in [2.05, 4.69) is 43.7 Å². The number of nitrogens with zero attached hydrogens (tertiary/aromatic N) is 3. The Balaban J connectivity index is 1.87. The SMILES string of the molecule is Cc1cc(C)nc(Nc2ccccc2N2CCNCC2)n1. The second kappa shape index (κ2) is 6.10. The Kier molecular flexibility index (Phi) is 4.01. The first kappa shape index (κ1) is 13.8.